The van der Waals surface area contributed by atoms with Crippen molar-refractivity contribution >= 4 is 11.8 Å². The van der Waals surface area contributed by atoms with Crippen LogP contribution in [-0.2, 0) is 14.3 Å². The molecule has 2 saturated heterocycles. The highest BCUT2D eigenvalue weighted by Gasteiger charge is 2.47. The van der Waals surface area contributed by atoms with E-state index in [0.29, 0.717) is 38.8 Å². The van der Waals surface area contributed by atoms with Crippen molar-refractivity contribution in [2.75, 3.05) is 32.8 Å². The third-order valence-electron chi connectivity index (χ3n) is 6.60. The van der Waals surface area contributed by atoms with Gasteiger partial charge in [0.1, 0.15) is 0 Å². The van der Waals surface area contributed by atoms with Crippen LogP contribution in [0.5, 0.6) is 0 Å². The second-order valence-corrected chi connectivity index (χ2v) is 8.01. The molecule has 0 radical (unpaired) electrons. The first kappa shape index (κ1) is 17.1. The van der Waals surface area contributed by atoms with Gasteiger partial charge in [-0.25, -0.2) is 0 Å². The Balaban J connectivity index is 1.51. The summed E-state index contributed by atoms with van der Waals surface area (Å²) < 4.78 is 5.38. The van der Waals surface area contributed by atoms with Crippen molar-refractivity contribution in [2.45, 2.75) is 51.0 Å². The topological polar surface area (TPSA) is 49.9 Å². The predicted octanol–water partition coefficient (Wildman–Crippen LogP) is 2.22. The van der Waals surface area contributed by atoms with Crippen LogP contribution in [0.4, 0.5) is 0 Å². The molecule has 25 heavy (non-hydrogen) atoms. The average molecular weight is 346 g/mol. The number of hydrogen-bond acceptors (Lipinski definition) is 3. The van der Waals surface area contributed by atoms with E-state index in [2.05, 4.69) is 17.1 Å². The normalized spacial score (nSPS) is 34.1. The second kappa shape index (κ2) is 7.48. The third kappa shape index (κ3) is 3.35. The molecule has 2 aliphatic carbocycles. The second-order valence-electron chi connectivity index (χ2n) is 8.01. The Labute approximate surface area is 150 Å². The minimum absolute atomic E-state index is 0.143. The van der Waals surface area contributed by atoms with E-state index in [1.807, 2.05) is 4.90 Å². The first-order chi connectivity index (χ1) is 12.3. The minimum Gasteiger partial charge on any atom is -0.378 e. The fourth-order valence-corrected chi connectivity index (χ4v) is 5.21. The van der Waals surface area contributed by atoms with E-state index in [9.17, 15) is 9.59 Å². The molecule has 5 heteroatoms. The highest BCUT2D eigenvalue weighted by molar-refractivity contribution is 5.89. The minimum atomic E-state index is -0.174. The van der Waals surface area contributed by atoms with E-state index < -0.39 is 0 Å². The lowest BCUT2D eigenvalue weighted by Crippen LogP contribution is -2.56. The Kier molecular flexibility index (Phi) is 5.11. The molecule has 1 saturated carbocycles. The maximum Gasteiger partial charge on any atom is 0.227 e. The van der Waals surface area contributed by atoms with E-state index in [1.165, 1.54) is 19.3 Å². The van der Waals surface area contributed by atoms with Crippen LogP contribution in [0.3, 0.4) is 0 Å². The smallest absolute Gasteiger partial charge is 0.227 e. The Morgan fingerprint density at radius 3 is 2.56 bits per heavy atom. The number of hydrogen-bond donors (Lipinski definition) is 0. The number of rotatable bonds is 2. The first-order valence-electron chi connectivity index (χ1n) is 10.1. The summed E-state index contributed by atoms with van der Waals surface area (Å²) in [6, 6.07) is 0.409. The number of likely N-dealkylation sites (tertiary alicyclic amines) is 1. The van der Waals surface area contributed by atoms with E-state index in [-0.39, 0.29) is 29.6 Å². The summed E-state index contributed by atoms with van der Waals surface area (Å²) in [6.45, 7) is 3.43. The van der Waals surface area contributed by atoms with Gasteiger partial charge in [-0.2, -0.15) is 0 Å². The van der Waals surface area contributed by atoms with Gasteiger partial charge < -0.3 is 14.5 Å². The van der Waals surface area contributed by atoms with Gasteiger partial charge in [0.25, 0.3) is 0 Å². The van der Waals surface area contributed by atoms with Gasteiger partial charge in [0.15, 0.2) is 0 Å². The van der Waals surface area contributed by atoms with Gasteiger partial charge in [0.2, 0.25) is 11.8 Å². The Morgan fingerprint density at radius 1 is 1.04 bits per heavy atom. The Morgan fingerprint density at radius 2 is 1.80 bits per heavy atom. The molecule has 2 amide bonds. The molecule has 3 fully saturated rings. The lowest BCUT2D eigenvalue weighted by Gasteiger charge is -2.46. The van der Waals surface area contributed by atoms with Crippen LogP contribution >= 0.6 is 0 Å². The number of carbonyl (C=O) groups is 2. The summed E-state index contributed by atoms with van der Waals surface area (Å²) in [6.07, 6.45) is 12.1. The van der Waals surface area contributed by atoms with Crippen LogP contribution in [0.15, 0.2) is 12.2 Å². The van der Waals surface area contributed by atoms with Crippen LogP contribution in [-0.4, -0.2) is 60.5 Å². The average Bonchev–Trinajstić information content (AvgIpc) is 2.68. The predicted molar refractivity (Wildman–Crippen MR) is 94.8 cm³/mol. The third-order valence-corrected chi connectivity index (χ3v) is 6.60. The molecule has 0 unspecified atom stereocenters. The first-order valence-corrected chi connectivity index (χ1v) is 10.1. The van der Waals surface area contributed by atoms with Gasteiger partial charge in [-0.15, -0.1) is 0 Å². The molecule has 0 bridgehead atoms. The molecular formula is C20H30N2O3. The van der Waals surface area contributed by atoms with Crippen LogP contribution in [0.1, 0.15) is 44.9 Å². The fourth-order valence-electron chi connectivity index (χ4n) is 5.21. The zero-order valence-corrected chi connectivity index (χ0v) is 15.1. The summed E-state index contributed by atoms with van der Waals surface area (Å²) in [5.74, 6) is 0.347. The zero-order valence-electron chi connectivity index (χ0n) is 15.1. The molecule has 4 rings (SSSR count). The van der Waals surface area contributed by atoms with E-state index in [1.54, 1.807) is 0 Å². The van der Waals surface area contributed by atoms with Crippen molar-refractivity contribution in [1.29, 1.82) is 0 Å². The highest BCUT2D eigenvalue weighted by atomic mass is 16.5. The highest BCUT2D eigenvalue weighted by Crippen LogP contribution is 2.40. The van der Waals surface area contributed by atoms with Crippen molar-refractivity contribution in [1.82, 2.24) is 9.80 Å². The summed E-state index contributed by atoms with van der Waals surface area (Å²) in [5.41, 5.74) is 0. The SMILES string of the molecule is O=C([C@@H]1CC=C[C@@H]2CCN(C3CCCCC3)C(=O)[C@@H]21)N1CCOCC1. The number of nitrogens with zero attached hydrogens (tertiary/aromatic N) is 2. The summed E-state index contributed by atoms with van der Waals surface area (Å²) in [4.78, 5) is 30.5. The van der Waals surface area contributed by atoms with Crippen LogP contribution in [0.25, 0.3) is 0 Å². The number of ether oxygens (including phenoxy) is 1. The quantitative estimate of drug-likeness (QED) is 0.721. The van der Waals surface area contributed by atoms with Gasteiger partial charge >= 0.3 is 0 Å². The van der Waals surface area contributed by atoms with E-state index >= 15 is 0 Å². The molecular weight excluding hydrogens is 316 g/mol. The standard InChI is InChI=1S/C20H30N2O3/c23-19(21-11-13-25-14-12-21)17-8-4-5-15-9-10-22(20(24)18(15)17)16-6-2-1-3-7-16/h4-5,15-18H,1-3,6-14H2/t15-,17-,18+/m1/s1. The van der Waals surface area contributed by atoms with Crippen LogP contribution in [0.2, 0.25) is 0 Å². The lowest BCUT2D eigenvalue weighted by atomic mass is 9.70. The number of morpholine rings is 1. The molecule has 4 aliphatic rings. The van der Waals surface area contributed by atoms with Crippen molar-refractivity contribution in [2.24, 2.45) is 17.8 Å². The number of allylic oxidation sites excluding steroid dienone is 2. The molecule has 0 spiro atoms. The molecule has 0 N–H and O–H groups in total. The monoisotopic (exact) mass is 346 g/mol. The van der Waals surface area contributed by atoms with Gasteiger partial charge in [-0.3, -0.25) is 9.59 Å². The molecule has 5 nitrogen and oxygen atoms in total. The largest absolute Gasteiger partial charge is 0.378 e. The van der Waals surface area contributed by atoms with E-state index in [0.717, 1.165) is 25.8 Å². The fraction of sp³-hybridized carbons (Fsp3) is 0.800. The summed E-state index contributed by atoms with van der Waals surface area (Å²) in [5, 5.41) is 0. The molecule has 0 aromatic carbocycles. The molecule has 3 atom stereocenters. The van der Waals surface area contributed by atoms with Gasteiger partial charge in [0, 0.05) is 25.7 Å². The number of amides is 2. The van der Waals surface area contributed by atoms with Crippen molar-refractivity contribution in [3.8, 4) is 0 Å². The van der Waals surface area contributed by atoms with Gasteiger partial charge in [-0.05, 0) is 31.6 Å². The molecule has 138 valence electrons. The zero-order chi connectivity index (χ0) is 17.2. The molecule has 2 aliphatic heterocycles. The van der Waals surface area contributed by atoms with Gasteiger partial charge in [0.05, 0.1) is 25.0 Å². The maximum atomic E-state index is 13.4. The van der Waals surface area contributed by atoms with Crippen molar-refractivity contribution in [3.05, 3.63) is 12.2 Å². The number of carbonyl (C=O) groups excluding carboxylic acids is 2. The lowest BCUT2D eigenvalue weighted by molar-refractivity contribution is -0.155. The van der Waals surface area contributed by atoms with E-state index in [4.69, 9.17) is 4.74 Å². The van der Waals surface area contributed by atoms with Crippen molar-refractivity contribution < 1.29 is 14.3 Å². The Hall–Kier alpha value is -1.36. The Bertz CT molecular complexity index is 535. The summed E-state index contributed by atoms with van der Waals surface area (Å²) >= 11 is 0. The molecule has 0 aromatic rings. The number of piperidine rings is 1. The van der Waals surface area contributed by atoms with Crippen molar-refractivity contribution in [3.63, 3.8) is 0 Å². The summed E-state index contributed by atoms with van der Waals surface area (Å²) in [7, 11) is 0. The molecule has 2 heterocycles. The van der Waals surface area contributed by atoms with Gasteiger partial charge in [-0.1, -0.05) is 31.4 Å². The molecule has 0 aromatic heterocycles. The maximum absolute atomic E-state index is 13.4. The number of fused-ring (bicyclic) bond motifs is 1. The van der Waals surface area contributed by atoms with Crippen LogP contribution < -0.4 is 0 Å². The van der Waals surface area contributed by atoms with Crippen LogP contribution in [0, 0.1) is 17.8 Å².